The largest absolute Gasteiger partial charge is 0.399 e. The Kier molecular flexibility index (Phi) is 4.90. The van der Waals surface area contributed by atoms with Crippen molar-refractivity contribution in [1.82, 2.24) is 10.0 Å². The van der Waals surface area contributed by atoms with Crippen molar-refractivity contribution in [2.75, 3.05) is 12.8 Å². The summed E-state index contributed by atoms with van der Waals surface area (Å²) in [5.41, 5.74) is 6.65. The van der Waals surface area contributed by atoms with E-state index in [0.717, 1.165) is 0 Å². The molecule has 0 spiro atoms. The summed E-state index contributed by atoms with van der Waals surface area (Å²) in [5.74, 6) is -0.398. The fourth-order valence-electron chi connectivity index (χ4n) is 1.68. The van der Waals surface area contributed by atoms with Crippen LogP contribution in [0.1, 0.15) is 19.4 Å². The number of hydrogen-bond acceptors (Lipinski definition) is 4. The number of sulfonamides is 1. The second-order valence-electron chi connectivity index (χ2n) is 4.18. The molecule has 1 amide bonds. The lowest BCUT2D eigenvalue weighted by atomic mass is 10.1. The first-order chi connectivity index (χ1) is 8.81. The maximum Gasteiger partial charge on any atom is 0.241 e. The van der Waals surface area contributed by atoms with Crippen LogP contribution in [-0.2, 0) is 21.2 Å². The summed E-state index contributed by atoms with van der Waals surface area (Å²) in [5, 5.41) is 2.39. The van der Waals surface area contributed by atoms with E-state index in [9.17, 15) is 13.2 Å². The molecule has 0 aromatic heterocycles. The summed E-state index contributed by atoms with van der Waals surface area (Å²) in [6.45, 7) is 3.33. The van der Waals surface area contributed by atoms with E-state index in [4.69, 9.17) is 5.73 Å². The van der Waals surface area contributed by atoms with Gasteiger partial charge < -0.3 is 11.1 Å². The highest BCUT2D eigenvalue weighted by Gasteiger charge is 2.23. The lowest BCUT2D eigenvalue weighted by Crippen LogP contribution is -2.43. The Labute approximate surface area is 113 Å². The van der Waals surface area contributed by atoms with E-state index in [-0.39, 0.29) is 4.90 Å². The second kappa shape index (κ2) is 6.03. The third kappa shape index (κ3) is 3.68. The van der Waals surface area contributed by atoms with Gasteiger partial charge in [0.05, 0.1) is 10.9 Å². The number of nitrogens with two attached hydrogens (primary N) is 1. The number of aryl methyl sites for hydroxylation is 1. The van der Waals surface area contributed by atoms with Crippen LogP contribution >= 0.6 is 0 Å². The van der Waals surface area contributed by atoms with Gasteiger partial charge in [-0.1, -0.05) is 13.0 Å². The van der Waals surface area contributed by atoms with Gasteiger partial charge >= 0.3 is 0 Å². The Morgan fingerprint density at radius 3 is 2.58 bits per heavy atom. The van der Waals surface area contributed by atoms with E-state index < -0.39 is 22.0 Å². The molecule has 0 saturated heterocycles. The molecule has 0 saturated carbocycles. The van der Waals surface area contributed by atoms with Crippen molar-refractivity contribution >= 4 is 21.6 Å². The van der Waals surface area contributed by atoms with Gasteiger partial charge in [0.2, 0.25) is 15.9 Å². The Morgan fingerprint density at radius 2 is 2.05 bits per heavy atom. The number of nitrogen functional groups attached to an aromatic ring is 1. The number of rotatable bonds is 5. The van der Waals surface area contributed by atoms with Gasteiger partial charge in [-0.3, -0.25) is 4.79 Å². The van der Waals surface area contributed by atoms with E-state index in [1.165, 1.54) is 20.0 Å². The second-order valence-corrected chi connectivity index (χ2v) is 5.86. The third-order valence-electron chi connectivity index (χ3n) is 2.73. The van der Waals surface area contributed by atoms with Crippen molar-refractivity contribution in [2.45, 2.75) is 31.2 Å². The highest BCUT2D eigenvalue weighted by Crippen LogP contribution is 2.19. The highest BCUT2D eigenvalue weighted by atomic mass is 32.2. The van der Waals surface area contributed by atoms with Crippen LogP contribution in [0.15, 0.2) is 23.1 Å². The minimum absolute atomic E-state index is 0.116. The number of nitrogens with one attached hydrogen (secondary N) is 2. The average Bonchev–Trinajstić information content (AvgIpc) is 2.37. The number of carbonyl (C=O) groups excluding carboxylic acids is 1. The third-order valence-corrected chi connectivity index (χ3v) is 4.36. The van der Waals surface area contributed by atoms with Gasteiger partial charge in [0.15, 0.2) is 0 Å². The van der Waals surface area contributed by atoms with Crippen molar-refractivity contribution in [1.29, 1.82) is 0 Å². The first-order valence-corrected chi connectivity index (χ1v) is 7.42. The van der Waals surface area contributed by atoms with Crippen LogP contribution in [0.4, 0.5) is 5.69 Å². The van der Waals surface area contributed by atoms with Gasteiger partial charge in [0.25, 0.3) is 0 Å². The molecule has 1 rings (SSSR count). The van der Waals surface area contributed by atoms with E-state index in [2.05, 4.69) is 10.0 Å². The number of likely N-dealkylation sites (N-methyl/N-ethyl adjacent to an activating group) is 1. The summed E-state index contributed by atoms with van der Waals surface area (Å²) in [6, 6.07) is 3.88. The molecule has 0 radical (unpaired) electrons. The fourth-order valence-corrected chi connectivity index (χ4v) is 3.23. The summed E-state index contributed by atoms with van der Waals surface area (Å²) in [6.07, 6.45) is 0.560. The zero-order chi connectivity index (χ0) is 14.6. The smallest absolute Gasteiger partial charge is 0.241 e. The van der Waals surface area contributed by atoms with Crippen LogP contribution in [0.3, 0.4) is 0 Å². The summed E-state index contributed by atoms with van der Waals surface area (Å²) in [7, 11) is -2.32. The minimum Gasteiger partial charge on any atom is -0.399 e. The number of benzene rings is 1. The first kappa shape index (κ1) is 15.5. The molecule has 1 aromatic carbocycles. The topological polar surface area (TPSA) is 101 Å². The Balaban J connectivity index is 3.13. The Hall–Kier alpha value is -1.60. The summed E-state index contributed by atoms with van der Waals surface area (Å²) < 4.78 is 26.8. The maximum absolute atomic E-state index is 12.2. The lowest BCUT2D eigenvalue weighted by molar-refractivity contribution is -0.121. The fraction of sp³-hybridized carbons (Fsp3) is 0.417. The number of carbonyl (C=O) groups is 1. The predicted molar refractivity (Wildman–Crippen MR) is 74.1 cm³/mol. The molecule has 7 heteroatoms. The van der Waals surface area contributed by atoms with E-state index >= 15 is 0 Å². The molecule has 6 nitrogen and oxygen atoms in total. The number of hydrogen-bond donors (Lipinski definition) is 3. The standard InChI is InChI=1S/C12H19N3O3S/c1-4-9-5-6-10(13)7-11(9)19(17,18)15-8(2)12(16)14-3/h5-8,15H,4,13H2,1-3H3,(H,14,16). The normalized spacial score (nSPS) is 13.0. The lowest BCUT2D eigenvalue weighted by Gasteiger charge is -2.15. The summed E-state index contributed by atoms with van der Waals surface area (Å²) in [4.78, 5) is 11.5. The molecule has 1 aromatic rings. The van der Waals surface area contributed by atoms with Gasteiger partial charge in [0, 0.05) is 12.7 Å². The van der Waals surface area contributed by atoms with E-state index in [0.29, 0.717) is 17.7 Å². The minimum atomic E-state index is -3.77. The molecule has 1 unspecified atom stereocenters. The van der Waals surface area contributed by atoms with Crippen molar-refractivity contribution in [3.63, 3.8) is 0 Å². The van der Waals surface area contributed by atoms with E-state index in [1.54, 1.807) is 12.1 Å². The molecule has 0 fully saturated rings. The molecule has 0 heterocycles. The van der Waals surface area contributed by atoms with Crippen molar-refractivity contribution in [3.8, 4) is 0 Å². The molecule has 0 bridgehead atoms. The molecule has 19 heavy (non-hydrogen) atoms. The van der Waals surface area contributed by atoms with Gasteiger partial charge in [-0.05, 0) is 31.0 Å². The summed E-state index contributed by atoms with van der Waals surface area (Å²) >= 11 is 0. The van der Waals surface area contributed by atoms with Crippen LogP contribution in [0.2, 0.25) is 0 Å². The van der Waals surface area contributed by atoms with Gasteiger partial charge in [-0.2, -0.15) is 4.72 Å². The van der Waals surface area contributed by atoms with Crippen molar-refractivity contribution < 1.29 is 13.2 Å². The number of anilines is 1. The predicted octanol–water partition coefficient (Wildman–Crippen LogP) is 0.244. The quantitative estimate of drug-likeness (QED) is 0.675. The molecular weight excluding hydrogens is 266 g/mol. The maximum atomic E-state index is 12.2. The van der Waals surface area contributed by atoms with Crippen LogP contribution in [0.5, 0.6) is 0 Å². The number of amides is 1. The van der Waals surface area contributed by atoms with Crippen LogP contribution in [-0.4, -0.2) is 27.4 Å². The van der Waals surface area contributed by atoms with Gasteiger partial charge in [-0.15, -0.1) is 0 Å². The monoisotopic (exact) mass is 285 g/mol. The van der Waals surface area contributed by atoms with Gasteiger partial charge in [0.1, 0.15) is 0 Å². The zero-order valence-electron chi connectivity index (χ0n) is 11.2. The zero-order valence-corrected chi connectivity index (χ0v) is 12.0. The molecule has 1 atom stereocenters. The molecule has 106 valence electrons. The average molecular weight is 285 g/mol. The van der Waals surface area contributed by atoms with Crippen molar-refractivity contribution in [3.05, 3.63) is 23.8 Å². The van der Waals surface area contributed by atoms with Crippen LogP contribution in [0.25, 0.3) is 0 Å². The first-order valence-electron chi connectivity index (χ1n) is 5.94. The molecule has 0 aliphatic heterocycles. The SMILES string of the molecule is CCc1ccc(N)cc1S(=O)(=O)NC(C)C(=O)NC. The van der Waals surface area contributed by atoms with Crippen LogP contribution < -0.4 is 15.8 Å². The Bertz CT molecular complexity index is 570. The Morgan fingerprint density at radius 1 is 1.42 bits per heavy atom. The molecular formula is C12H19N3O3S. The molecule has 0 aliphatic carbocycles. The molecule has 0 aliphatic rings. The van der Waals surface area contributed by atoms with Gasteiger partial charge in [-0.25, -0.2) is 8.42 Å². The van der Waals surface area contributed by atoms with Crippen LogP contribution in [0, 0.1) is 0 Å². The van der Waals surface area contributed by atoms with Crippen molar-refractivity contribution in [2.24, 2.45) is 0 Å². The highest BCUT2D eigenvalue weighted by molar-refractivity contribution is 7.89. The van der Waals surface area contributed by atoms with E-state index in [1.807, 2.05) is 6.92 Å². The molecule has 4 N–H and O–H groups in total.